The van der Waals surface area contributed by atoms with Crippen LogP contribution < -0.4 is 9.64 Å². The summed E-state index contributed by atoms with van der Waals surface area (Å²) in [4.78, 5) is 14.3. The zero-order valence-corrected chi connectivity index (χ0v) is 13.8. The number of ether oxygens (including phenoxy) is 3. The summed E-state index contributed by atoms with van der Waals surface area (Å²) in [6.45, 7) is 0.838. The zero-order chi connectivity index (χ0) is 16.9. The van der Waals surface area contributed by atoms with Crippen molar-refractivity contribution < 1.29 is 19.0 Å². The first kappa shape index (κ1) is 16.5. The van der Waals surface area contributed by atoms with Gasteiger partial charge in [0.15, 0.2) is 6.10 Å². The van der Waals surface area contributed by atoms with E-state index < -0.39 is 6.10 Å². The molecule has 5 heteroatoms. The third-order valence-electron chi connectivity index (χ3n) is 4.12. The molecular formula is C19H21NO4. The van der Waals surface area contributed by atoms with E-state index in [1.165, 1.54) is 0 Å². The molecule has 1 fully saturated rings. The zero-order valence-electron chi connectivity index (χ0n) is 13.8. The maximum atomic E-state index is 12.5. The van der Waals surface area contributed by atoms with Crippen molar-refractivity contribution in [3.05, 3.63) is 60.2 Å². The van der Waals surface area contributed by atoms with Crippen LogP contribution in [0.1, 0.15) is 5.56 Å². The second kappa shape index (κ2) is 7.47. The van der Waals surface area contributed by atoms with Crippen LogP contribution in [-0.4, -0.2) is 38.9 Å². The van der Waals surface area contributed by atoms with Gasteiger partial charge in [-0.25, -0.2) is 0 Å². The highest BCUT2D eigenvalue weighted by Crippen LogP contribution is 2.32. The van der Waals surface area contributed by atoms with Crippen molar-refractivity contribution in [1.82, 2.24) is 0 Å². The molecule has 0 bridgehead atoms. The molecule has 2 aromatic carbocycles. The second-order valence-corrected chi connectivity index (χ2v) is 5.65. The van der Waals surface area contributed by atoms with Gasteiger partial charge in [-0.05, 0) is 29.8 Å². The lowest BCUT2D eigenvalue weighted by molar-refractivity contribution is -0.145. The van der Waals surface area contributed by atoms with E-state index in [1.54, 1.807) is 19.1 Å². The molecule has 0 aromatic heterocycles. The minimum Gasteiger partial charge on any atom is -0.497 e. The Morgan fingerprint density at radius 3 is 2.33 bits per heavy atom. The second-order valence-electron chi connectivity index (χ2n) is 5.65. The summed E-state index contributed by atoms with van der Waals surface area (Å²) < 4.78 is 16.3. The highest BCUT2D eigenvalue weighted by atomic mass is 16.5. The van der Waals surface area contributed by atoms with Gasteiger partial charge in [0.25, 0.3) is 5.91 Å². The third-order valence-corrected chi connectivity index (χ3v) is 4.12. The molecule has 5 nitrogen and oxygen atoms in total. The van der Waals surface area contributed by atoms with Crippen LogP contribution in [0.3, 0.4) is 0 Å². The Morgan fingerprint density at radius 2 is 1.71 bits per heavy atom. The van der Waals surface area contributed by atoms with Crippen molar-refractivity contribution >= 4 is 11.6 Å². The monoisotopic (exact) mass is 327 g/mol. The molecule has 126 valence electrons. The van der Waals surface area contributed by atoms with E-state index in [-0.39, 0.29) is 11.9 Å². The third kappa shape index (κ3) is 3.27. The number of carbonyl (C=O) groups excluding carboxylic acids is 1. The van der Waals surface area contributed by atoms with Crippen LogP contribution in [0.5, 0.6) is 5.75 Å². The van der Waals surface area contributed by atoms with Crippen molar-refractivity contribution in [1.29, 1.82) is 0 Å². The standard InChI is InChI=1S/C19H21NO4/c1-22-13-17-18(24-12-14-6-4-3-5-7-14)19(21)20(17)15-8-10-16(23-2)11-9-15/h3-11,17-18H,12-13H2,1-2H3/t17-,18+/m0/s1. The molecule has 0 radical (unpaired) electrons. The van der Waals surface area contributed by atoms with Gasteiger partial charge < -0.3 is 19.1 Å². The number of benzene rings is 2. The number of hydrogen-bond donors (Lipinski definition) is 0. The first-order valence-corrected chi connectivity index (χ1v) is 7.86. The Labute approximate surface area is 141 Å². The molecule has 1 amide bonds. The summed E-state index contributed by atoms with van der Waals surface area (Å²) in [5.41, 5.74) is 1.87. The molecule has 24 heavy (non-hydrogen) atoms. The van der Waals surface area contributed by atoms with Crippen molar-refractivity contribution in [2.45, 2.75) is 18.8 Å². The van der Waals surface area contributed by atoms with E-state index in [0.29, 0.717) is 13.2 Å². The summed E-state index contributed by atoms with van der Waals surface area (Å²) in [5.74, 6) is 0.713. The Morgan fingerprint density at radius 1 is 1.00 bits per heavy atom. The van der Waals surface area contributed by atoms with Crippen molar-refractivity contribution in [3.63, 3.8) is 0 Å². The summed E-state index contributed by atoms with van der Waals surface area (Å²) in [6, 6.07) is 17.1. The van der Waals surface area contributed by atoms with E-state index in [1.807, 2.05) is 54.6 Å². The van der Waals surface area contributed by atoms with E-state index >= 15 is 0 Å². The number of hydrogen-bond acceptors (Lipinski definition) is 4. The fourth-order valence-corrected chi connectivity index (χ4v) is 2.86. The van der Waals surface area contributed by atoms with Crippen LogP contribution in [0.2, 0.25) is 0 Å². The van der Waals surface area contributed by atoms with Crippen LogP contribution in [0.15, 0.2) is 54.6 Å². The van der Waals surface area contributed by atoms with Gasteiger partial charge in [-0.15, -0.1) is 0 Å². The van der Waals surface area contributed by atoms with E-state index in [4.69, 9.17) is 14.2 Å². The SMILES string of the molecule is COC[C@H]1[C@@H](OCc2ccccc2)C(=O)N1c1ccc(OC)cc1. The molecule has 0 unspecified atom stereocenters. The lowest BCUT2D eigenvalue weighted by Crippen LogP contribution is -2.67. The van der Waals surface area contributed by atoms with Crippen molar-refractivity contribution in [2.75, 3.05) is 25.7 Å². The minimum absolute atomic E-state index is 0.0434. The Hall–Kier alpha value is -2.37. The number of β-lactam (4-membered cyclic amide) rings is 1. The Bertz CT molecular complexity index is 672. The highest BCUT2D eigenvalue weighted by Gasteiger charge is 2.49. The van der Waals surface area contributed by atoms with Crippen LogP contribution in [0.4, 0.5) is 5.69 Å². The van der Waals surface area contributed by atoms with Gasteiger partial charge >= 0.3 is 0 Å². The summed E-state index contributed by atoms with van der Waals surface area (Å²) in [7, 11) is 3.24. The Kier molecular flexibility index (Phi) is 5.13. The first-order valence-electron chi connectivity index (χ1n) is 7.86. The van der Waals surface area contributed by atoms with Gasteiger partial charge in [0.2, 0.25) is 0 Å². The molecule has 3 rings (SSSR count). The molecule has 2 aromatic rings. The molecular weight excluding hydrogens is 306 g/mol. The van der Waals surface area contributed by atoms with E-state index in [2.05, 4.69) is 0 Å². The van der Waals surface area contributed by atoms with Gasteiger partial charge in [0.1, 0.15) is 5.75 Å². The van der Waals surface area contributed by atoms with Gasteiger partial charge in [0, 0.05) is 12.8 Å². The maximum Gasteiger partial charge on any atom is 0.258 e. The average molecular weight is 327 g/mol. The summed E-state index contributed by atoms with van der Waals surface area (Å²) >= 11 is 0. The lowest BCUT2D eigenvalue weighted by Gasteiger charge is -2.46. The largest absolute Gasteiger partial charge is 0.497 e. The number of anilines is 1. The Balaban J connectivity index is 1.69. The average Bonchev–Trinajstić information content (AvgIpc) is 2.63. The molecule has 1 aliphatic heterocycles. The van der Waals surface area contributed by atoms with E-state index in [9.17, 15) is 4.79 Å². The number of rotatable bonds is 7. The molecule has 0 aliphatic carbocycles. The molecule has 0 saturated carbocycles. The molecule has 2 atom stereocenters. The molecule has 1 heterocycles. The number of nitrogens with zero attached hydrogens (tertiary/aromatic N) is 1. The summed E-state index contributed by atoms with van der Waals surface area (Å²) in [5, 5.41) is 0. The first-order chi connectivity index (χ1) is 11.7. The van der Waals surface area contributed by atoms with Crippen molar-refractivity contribution in [2.24, 2.45) is 0 Å². The van der Waals surface area contributed by atoms with Crippen LogP contribution in [0, 0.1) is 0 Å². The highest BCUT2D eigenvalue weighted by molar-refractivity contribution is 6.04. The van der Waals surface area contributed by atoms with Gasteiger partial charge in [-0.1, -0.05) is 30.3 Å². The maximum absolute atomic E-state index is 12.5. The van der Waals surface area contributed by atoms with Gasteiger partial charge in [-0.3, -0.25) is 4.79 Å². The number of amides is 1. The number of methoxy groups -OCH3 is 2. The molecule has 0 N–H and O–H groups in total. The predicted molar refractivity (Wildman–Crippen MR) is 91.2 cm³/mol. The van der Waals surface area contributed by atoms with Crippen molar-refractivity contribution in [3.8, 4) is 5.75 Å². The fourth-order valence-electron chi connectivity index (χ4n) is 2.86. The molecule has 0 spiro atoms. The van der Waals surface area contributed by atoms with Crippen LogP contribution in [0.25, 0.3) is 0 Å². The molecule has 1 aliphatic rings. The fraction of sp³-hybridized carbons (Fsp3) is 0.316. The quantitative estimate of drug-likeness (QED) is 0.734. The van der Waals surface area contributed by atoms with Gasteiger partial charge in [-0.2, -0.15) is 0 Å². The number of carbonyl (C=O) groups is 1. The van der Waals surface area contributed by atoms with Gasteiger partial charge in [0.05, 0.1) is 26.4 Å². The predicted octanol–water partition coefficient (Wildman–Crippen LogP) is 2.64. The van der Waals surface area contributed by atoms with E-state index in [0.717, 1.165) is 17.0 Å². The normalized spacial score (nSPS) is 19.9. The minimum atomic E-state index is -0.479. The molecule has 1 saturated heterocycles. The summed E-state index contributed by atoms with van der Waals surface area (Å²) in [6.07, 6.45) is -0.479. The van der Waals surface area contributed by atoms with Crippen LogP contribution in [-0.2, 0) is 20.9 Å². The lowest BCUT2D eigenvalue weighted by atomic mass is 9.97. The smallest absolute Gasteiger partial charge is 0.258 e. The van der Waals surface area contributed by atoms with Crippen LogP contribution >= 0.6 is 0 Å². The topological polar surface area (TPSA) is 48.0 Å².